The van der Waals surface area contributed by atoms with Gasteiger partial charge >= 0.3 is 0 Å². The van der Waals surface area contributed by atoms with Crippen LogP contribution in [0, 0.1) is 17.8 Å². The summed E-state index contributed by atoms with van der Waals surface area (Å²) in [5.74, 6) is 3.35. The van der Waals surface area contributed by atoms with Crippen LogP contribution >= 0.6 is 0 Å². The predicted octanol–water partition coefficient (Wildman–Crippen LogP) is 3.22. The van der Waals surface area contributed by atoms with Crippen LogP contribution in [0.3, 0.4) is 0 Å². The van der Waals surface area contributed by atoms with E-state index in [1.165, 1.54) is 0 Å². The van der Waals surface area contributed by atoms with Crippen LogP contribution in [0.1, 0.15) is 33.3 Å². The number of hydrogen-bond acceptors (Lipinski definition) is 2. The topological polar surface area (TPSA) is 21.3 Å². The van der Waals surface area contributed by atoms with E-state index >= 15 is 0 Å². The summed E-state index contributed by atoms with van der Waals surface area (Å²) in [6.07, 6.45) is 5.22. The smallest absolute Gasteiger partial charge is 0.148 e. The Bertz CT molecular complexity index is 412. The summed E-state index contributed by atoms with van der Waals surface area (Å²) < 4.78 is 5.53. The second-order valence-corrected chi connectivity index (χ2v) is 5.57. The van der Waals surface area contributed by atoms with Crippen molar-refractivity contribution in [1.82, 2.24) is 5.32 Å². The molecule has 2 nitrogen and oxygen atoms in total. The van der Waals surface area contributed by atoms with Crippen molar-refractivity contribution in [3.05, 3.63) is 29.8 Å². The van der Waals surface area contributed by atoms with Crippen LogP contribution in [-0.2, 0) is 6.54 Å². The molecule has 0 heterocycles. The van der Waals surface area contributed by atoms with Crippen molar-refractivity contribution in [3.8, 4) is 18.1 Å². The molecule has 0 saturated heterocycles. The summed E-state index contributed by atoms with van der Waals surface area (Å²) >= 11 is 0. The molecule has 1 unspecified atom stereocenters. The Kier molecular flexibility index (Phi) is 5.25. The van der Waals surface area contributed by atoms with Gasteiger partial charge in [0.2, 0.25) is 0 Å². The Morgan fingerprint density at radius 1 is 1.33 bits per heavy atom. The van der Waals surface area contributed by atoms with E-state index in [0.717, 1.165) is 17.9 Å². The molecule has 0 spiro atoms. The first-order valence-corrected chi connectivity index (χ1v) is 6.32. The third-order valence-electron chi connectivity index (χ3n) is 3.18. The molecule has 0 fully saturated rings. The second-order valence-electron chi connectivity index (χ2n) is 5.57. The molecule has 0 aliphatic carbocycles. The van der Waals surface area contributed by atoms with Crippen LogP contribution < -0.4 is 10.1 Å². The fraction of sp³-hybridized carbons (Fsp3) is 0.500. The van der Waals surface area contributed by atoms with Crippen LogP contribution in [0.15, 0.2) is 24.3 Å². The maximum atomic E-state index is 5.53. The van der Waals surface area contributed by atoms with E-state index in [1.54, 1.807) is 0 Å². The van der Waals surface area contributed by atoms with E-state index in [0.29, 0.717) is 12.6 Å². The lowest BCUT2D eigenvalue weighted by Gasteiger charge is -2.28. The Balaban J connectivity index is 2.64. The number of benzene rings is 1. The fourth-order valence-electron chi connectivity index (χ4n) is 1.48. The minimum Gasteiger partial charge on any atom is -0.481 e. The average molecular weight is 245 g/mol. The van der Waals surface area contributed by atoms with Gasteiger partial charge < -0.3 is 10.1 Å². The molecule has 0 amide bonds. The number of terminal acetylenes is 1. The van der Waals surface area contributed by atoms with Gasteiger partial charge in [0.25, 0.3) is 0 Å². The van der Waals surface area contributed by atoms with Gasteiger partial charge in [-0.15, -0.1) is 6.42 Å². The summed E-state index contributed by atoms with van der Waals surface area (Å²) in [7, 11) is 0. The molecular weight excluding hydrogens is 222 g/mol. The van der Waals surface area contributed by atoms with Gasteiger partial charge in [0.15, 0.2) is 0 Å². The Hall–Kier alpha value is -1.46. The number of hydrogen-bond donors (Lipinski definition) is 1. The third kappa shape index (κ3) is 4.43. The van der Waals surface area contributed by atoms with Crippen LogP contribution in [0.4, 0.5) is 0 Å². The van der Waals surface area contributed by atoms with E-state index in [4.69, 9.17) is 11.2 Å². The van der Waals surface area contributed by atoms with Crippen molar-refractivity contribution in [2.75, 3.05) is 6.61 Å². The molecule has 0 radical (unpaired) electrons. The van der Waals surface area contributed by atoms with Crippen molar-refractivity contribution < 1.29 is 4.74 Å². The summed E-state index contributed by atoms with van der Waals surface area (Å²) in [6.45, 7) is 9.98. The Morgan fingerprint density at radius 2 is 2.00 bits per heavy atom. The molecule has 1 aromatic rings. The molecule has 98 valence electrons. The van der Waals surface area contributed by atoms with Gasteiger partial charge in [-0.2, -0.15) is 0 Å². The summed E-state index contributed by atoms with van der Waals surface area (Å²) in [4.78, 5) is 0. The van der Waals surface area contributed by atoms with Gasteiger partial charge in [-0.1, -0.05) is 44.9 Å². The molecular formula is C16H23NO. The van der Waals surface area contributed by atoms with Crippen LogP contribution in [0.5, 0.6) is 5.75 Å². The molecule has 0 aliphatic heterocycles. The van der Waals surface area contributed by atoms with Gasteiger partial charge in [-0.25, -0.2) is 0 Å². The van der Waals surface area contributed by atoms with Gasteiger partial charge in [-0.05, 0) is 18.4 Å². The molecule has 0 bridgehead atoms. The van der Waals surface area contributed by atoms with E-state index in [2.05, 4.69) is 45.0 Å². The second kappa shape index (κ2) is 6.47. The van der Waals surface area contributed by atoms with Gasteiger partial charge in [0, 0.05) is 18.2 Å². The summed E-state index contributed by atoms with van der Waals surface area (Å²) in [5.41, 5.74) is 1.39. The predicted molar refractivity (Wildman–Crippen MR) is 76.5 cm³/mol. The average Bonchev–Trinajstić information content (AvgIpc) is 2.33. The highest BCUT2D eigenvalue weighted by Crippen LogP contribution is 2.21. The van der Waals surface area contributed by atoms with E-state index < -0.39 is 0 Å². The van der Waals surface area contributed by atoms with Crippen molar-refractivity contribution >= 4 is 0 Å². The SMILES string of the molecule is C#CCOc1ccccc1CNC(C)C(C)(C)C. The van der Waals surface area contributed by atoms with Gasteiger partial charge in [-0.3, -0.25) is 0 Å². The molecule has 1 rings (SSSR count). The highest BCUT2D eigenvalue weighted by Gasteiger charge is 2.19. The van der Waals surface area contributed by atoms with E-state index in [-0.39, 0.29) is 5.41 Å². The van der Waals surface area contributed by atoms with Crippen LogP contribution in [-0.4, -0.2) is 12.6 Å². The number of ether oxygens (including phenoxy) is 1. The highest BCUT2D eigenvalue weighted by molar-refractivity contribution is 5.33. The minimum absolute atomic E-state index is 0.245. The third-order valence-corrected chi connectivity index (χ3v) is 3.18. The van der Waals surface area contributed by atoms with Gasteiger partial charge in [0.1, 0.15) is 12.4 Å². The quantitative estimate of drug-likeness (QED) is 0.804. The molecule has 18 heavy (non-hydrogen) atoms. The lowest BCUT2D eigenvalue weighted by atomic mass is 9.88. The maximum absolute atomic E-state index is 5.53. The normalized spacial score (nSPS) is 12.8. The summed E-state index contributed by atoms with van der Waals surface area (Å²) in [5, 5.41) is 3.52. The van der Waals surface area contributed by atoms with E-state index in [1.807, 2.05) is 18.2 Å². The molecule has 1 atom stereocenters. The summed E-state index contributed by atoms with van der Waals surface area (Å²) in [6, 6.07) is 8.42. The first kappa shape index (κ1) is 14.6. The van der Waals surface area contributed by atoms with Gasteiger partial charge in [0.05, 0.1) is 0 Å². The molecule has 0 aromatic heterocycles. The zero-order chi connectivity index (χ0) is 13.6. The Morgan fingerprint density at radius 3 is 2.61 bits per heavy atom. The zero-order valence-corrected chi connectivity index (χ0v) is 11.8. The largest absolute Gasteiger partial charge is 0.481 e. The molecule has 1 aromatic carbocycles. The first-order chi connectivity index (χ1) is 8.45. The van der Waals surface area contributed by atoms with Crippen LogP contribution in [0.25, 0.3) is 0 Å². The lowest BCUT2D eigenvalue weighted by molar-refractivity contribution is 0.283. The van der Waals surface area contributed by atoms with Crippen molar-refractivity contribution in [3.63, 3.8) is 0 Å². The lowest BCUT2D eigenvalue weighted by Crippen LogP contribution is -2.37. The standard InChI is InChI=1S/C16H23NO/c1-6-11-18-15-10-8-7-9-14(15)12-17-13(2)16(3,4)5/h1,7-10,13,17H,11-12H2,2-5H3. The minimum atomic E-state index is 0.245. The van der Waals surface area contributed by atoms with Crippen molar-refractivity contribution in [2.45, 2.75) is 40.3 Å². The van der Waals surface area contributed by atoms with Crippen LogP contribution in [0.2, 0.25) is 0 Å². The van der Waals surface area contributed by atoms with Crippen molar-refractivity contribution in [1.29, 1.82) is 0 Å². The Labute approximate surface area is 111 Å². The maximum Gasteiger partial charge on any atom is 0.148 e. The number of nitrogens with one attached hydrogen (secondary N) is 1. The monoisotopic (exact) mass is 245 g/mol. The molecule has 0 saturated carbocycles. The molecule has 0 aliphatic rings. The first-order valence-electron chi connectivity index (χ1n) is 6.32. The molecule has 1 N–H and O–H groups in total. The zero-order valence-electron chi connectivity index (χ0n) is 11.8. The fourth-order valence-corrected chi connectivity index (χ4v) is 1.48. The molecule has 2 heteroatoms. The highest BCUT2D eigenvalue weighted by atomic mass is 16.5. The number of para-hydroxylation sites is 1. The van der Waals surface area contributed by atoms with E-state index in [9.17, 15) is 0 Å². The van der Waals surface area contributed by atoms with Crippen molar-refractivity contribution in [2.24, 2.45) is 5.41 Å². The number of rotatable bonds is 5.